The minimum atomic E-state index is -0.366. The van der Waals surface area contributed by atoms with Gasteiger partial charge in [-0.15, -0.1) is 11.3 Å². The largest absolute Gasteiger partial charge is 0.343 e. The molecule has 8 heteroatoms. The third-order valence-corrected chi connectivity index (χ3v) is 4.62. The van der Waals surface area contributed by atoms with Gasteiger partial charge in [-0.2, -0.15) is 5.10 Å². The van der Waals surface area contributed by atoms with Gasteiger partial charge in [0.25, 0.3) is 5.91 Å². The topological polar surface area (TPSA) is 86.9 Å². The van der Waals surface area contributed by atoms with Crippen molar-refractivity contribution in [2.45, 2.75) is 6.92 Å². The van der Waals surface area contributed by atoms with E-state index in [2.05, 4.69) is 20.8 Å². The van der Waals surface area contributed by atoms with E-state index in [1.165, 1.54) is 10.9 Å². The van der Waals surface area contributed by atoms with E-state index < -0.39 is 0 Å². The number of benzene rings is 1. The van der Waals surface area contributed by atoms with Crippen LogP contribution in [0.4, 0.5) is 5.82 Å². The van der Waals surface area contributed by atoms with Crippen LogP contribution in [-0.2, 0) is 4.79 Å². The lowest BCUT2D eigenvalue weighted by atomic mass is 10.2. The SMILES string of the molecule is Cc1ccc(-c2cc(NC(=O)CNC(=O)c3cccc(Cl)c3)n[nH]2)s1. The fraction of sp³-hybridized carbons (Fsp3) is 0.118. The molecule has 3 aromatic rings. The van der Waals surface area contributed by atoms with Gasteiger partial charge >= 0.3 is 0 Å². The second-order valence-electron chi connectivity index (χ2n) is 5.32. The second-order valence-corrected chi connectivity index (χ2v) is 7.04. The number of hydrogen-bond donors (Lipinski definition) is 3. The molecule has 0 fully saturated rings. The van der Waals surface area contributed by atoms with Crippen molar-refractivity contribution in [1.29, 1.82) is 0 Å². The average molecular weight is 375 g/mol. The molecule has 2 aromatic heterocycles. The van der Waals surface area contributed by atoms with Crippen LogP contribution in [-0.4, -0.2) is 28.6 Å². The van der Waals surface area contributed by atoms with Gasteiger partial charge in [0, 0.05) is 21.5 Å². The van der Waals surface area contributed by atoms with Gasteiger partial charge < -0.3 is 10.6 Å². The third kappa shape index (κ3) is 4.46. The van der Waals surface area contributed by atoms with Crippen LogP contribution >= 0.6 is 22.9 Å². The summed E-state index contributed by atoms with van der Waals surface area (Å²) >= 11 is 7.48. The molecule has 0 aliphatic carbocycles. The molecule has 6 nitrogen and oxygen atoms in total. The Labute approximate surface area is 153 Å². The van der Waals surface area contributed by atoms with Gasteiger partial charge in [-0.05, 0) is 37.3 Å². The number of hydrogen-bond acceptors (Lipinski definition) is 4. The van der Waals surface area contributed by atoms with E-state index in [4.69, 9.17) is 11.6 Å². The molecular formula is C17H15ClN4O2S. The minimum Gasteiger partial charge on any atom is -0.343 e. The quantitative estimate of drug-likeness (QED) is 0.639. The molecule has 0 aliphatic heterocycles. The van der Waals surface area contributed by atoms with Crippen LogP contribution in [0, 0.1) is 6.92 Å². The zero-order valence-electron chi connectivity index (χ0n) is 13.3. The molecule has 3 N–H and O–H groups in total. The second kappa shape index (κ2) is 7.50. The number of aromatic nitrogens is 2. The highest BCUT2D eigenvalue weighted by Gasteiger charge is 2.11. The van der Waals surface area contributed by atoms with Crippen molar-refractivity contribution >= 4 is 40.6 Å². The number of thiophene rings is 1. The molecule has 25 heavy (non-hydrogen) atoms. The van der Waals surface area contributed by atoms with Crippen LogP contribution < -0.4 is 10.6 Å². The van der Waals surface area contributed by atoms with Crippen LogP contribution in [0.25, 0.3) is 10.6 Å². The number of H-pyrrole nitrogens is 1. The first kappa shape index (κ1) is 17.2. The van der Waals surface area contributed by atoms with Gasteiger partial charge in [0.15, 0.2) is 5.82 Å². The Bertz CT molecular complexity index is 919. The lowest BCUT2D eigenvalue weighted by Crippen LogP contribution is -2.32. The summed E-state index contributed by atoms with van der Waals surface area (Å²) in [6.45, 7) is 1.86. The van der Waals surface area contributed by atoms with Crippen molar-refractivity contribution in [2.24, 2.45) is 0 Å². The van der Waals surface area contributed by atoms with Crippen molar-refractivity contribution in [3.05, 3.63) is 57.9 Å². The van der Waals surface area contributed by atoms with Gasteiger partial charge in [-0.3, -0.25) is 14.7 Å². The maximum Gasteiger partial charge on any atom is 0.251 e. The number of nitrogens with zero attached hydrogens (tertiary/aromatic N) is 1. The van der Waals surface area contributed by atoms with Crippen molar-refractivity contribution in [2.75, 3.05) is 11.9 Å². The van der Waals surface area contributed by atoms with Crippen LogP contribution in [0.5, 0.6) is 0 Å². The Morgan fingerprint density at radius 2 is 2.08 bits per heavy atom. The van der Waals surface area contributed by atoms with Crippen LogP contribution in [0.1, 0.15) is 15.2 Å². The van der Waals surface area contributed by atoms with E-state index in [0.717, 1.165) is 10.6 Å². The fourth-order valence-corrected chi connectivity index (χ4v) is 3.19. The first-order valence-corrected chi connectivity index (χ1v) is 8.66. The first-order chi connectivity index (χ1) is 12.0. The van der Waals surface area contributed by atoms with Crippen molar-refractivity contribution in [1.82, 2.24) is 15.5 Å². The summed E-state index contributed by atoms with van der Waals surface area (Å²) in [6.07, 6.45) is 0. The molecular weight excluding hydrogens is 360 g/mol. The Hall–Kier alpha value is -2.64. The Morgan fingerprint density at radius 1 is 1.24 bits per heavy atom. The highest BCUT2D eigenvalue weighted by Crippen LogP contribution is 2.27. The van der Waals surface area contributed by atoms with Crippen LogP contribution in [0.15, 0.2) is 42.5 Å². The maximum absolute atomic E-state index is 12.0. The van der Waals surface area contributed by atoms with Crippen LogP contribution in [0.3, 0.4) is 0 Å². The number of carbonyl (C=O) groups excluding carboxylic acids is 2. The zero-order chi connectivity index (χ0) is 17.8. The lowest BCUT2D eigenvalue weighted by Gasteiger charge is -2.05. The molecule has 2 amide bonds. The molecule has 0 radical (unpaired) electrons. The molecule has 0 spiro atoms. The number of carbonyl (C=O) groups is 2. The number of halogens is 1. The van der Waals surface area contributed by atoms with E-state index in [1.54, 1.807) is 35.6 Å². The third-order valence-electron chi connectivity index (χ3n) is 3.35. The Kier molecular flexibility index (Phi) is 5.16. The van der Waals surface area contributed by atoms with E-state index in [-0.39, 0.29) is 18.4 Å². The monoisotopic (exact) mass is 374 g/mol. The molecule has 0 saturated carbocycles. The standard InChI is InChI=1S/C17H15ClN4O2S/c1-10-5-6-14(25-10)13-8-15(22-21-13)20-16(23)9-19-17(24)11-3-2-4-12(18)7-11/h2-8H,9H2,1H3,(H,19,24)(H2,20,21,22,23). The molecule has 0 atom stereocenters. The Balaban J connectivity index is 1.54. The summed E-state index contributed by atoms with van der Waals surface area (Å²) in [5.74, 6) is -0.326. The highest BCUT2D eigenvalue weighted by molar-refractivity contribution is 7.15. The van der Waals surface area contributed by atoms with Crippen molar-refractivity contribution in [3.8, 4) is 10.6 Å². The molecule has 0 unspecified atom stereocenters. The van der Waals surface area contributed by atoms with Gasteiger partial charge in [-0.25, -0.2) is 0 Å². The predicted molar refractivity (Wildman–Crippen MR) is 99.1 cm³/mol. The number of aryl methyl sites for hydroxylation is 1. The fourth-order valence-electron chi connectivity index (χ4n) is 2.17. The highest BCUT2D eigenvalue weighted by atomic mass is 35.5. The molecule has 0 aliphatic rings. The summed E-state index contributed by atoms with van der Waals surface area (Å²) in [5.41, 5.74) is 1.23. The summed E-state index contributed by atoms with van der Waals surface area (Å²) in [6, 6.07) is 12.3. The molecule has 1 aromatic carbocycles. The summed E-state index contributed by atoms with van der Waals surface area (Å²) < 4.78 is 0. The van der Waals surface area contributed by atoms with Crippen LogP contribution in [0.2, 0.25) is 5.02 Å². The Morgan fingerprint density at radius 3 is 2.80 bits per heavy atom. The van der Waals surface area contributed by atoms with Crippen molar-refractivity contribution < 1.29 is 9.59 Å². The maximum atomic E-state index is 12.0. The van der Waals surface area contributed by atoms with Gasteiger partial charge in [0.1, 0.15) is 0 Å². The van der Waals surface area contributed by atoms with Gasteiger partial charge in [0.05, 0.1) is 17.1 Å². The predicted octanol–water partition coefficient (Wildman–Crippen LogP) is 3.47. The minimum absolute atomic E-state index is 0.161. The molecule has 0 bridgehead atoms. The van der Waals surface area contributed by atoms with E-state index >= 15 is 0 Å². The van der Waals surface area contributed by atoms with E-state index in [0.29, 0.717) is 16.4 Å². The normalized spacial score (nSPS) is 10.5. The summed E-state index contributed by atoms with van der Waals surface area (Å²) in [4.78, 5) is 26.2. The average Bonchev–Trinajstić information content (AvgIpc) is 3.21. The number of amides is 2. The van der Waals surface area contributed by atoms with E-state index in [9.17, 15) is 9.59 Å². The van der Waals surface area contributed by atoms with E-state index in [1.807, 2.05) is 19.1 Å². The van der Waals surface area contributed by atoms with Gasteiger partial charge in [-0.1, -0.05) is 17.7 Å². The zero-order valence-corrected chi connectivity index (χ0v) is 14.9. The number of nitrogens with one attached hydrogen (secondary N) is 3. The van der Waals surface area contributed by atoms with Gasteiger partial charge in [0.2, 0.25) is 5.91 Å². The molecule has 0 saturated heterocycles. The molecule has 2 heterocycles. The lowest BCUT2D eigenvalue weighted by molar-refractivity contribution is -0.115. The molecule has 128 valence electrons. The number of anilines is 1. The molecule has 3 rings (SSSR count). The first-order valence-electron chi connectivity index (χ1n) is 7.47. The smallest absolute Gasteiger partial charge is 0.251 e. The number of rotatable bonds is 5. The summed E-state index contributed by atoms with van der Waals surface area (Å²) in [5, 5.41) is 12.6. The van der Waals surface area contributed by atoms with Crippen molar-refractivity contribution in [3.63, 3.8) is 0 Å². The summed E-state index contributed by atoms with van der Waals surface area (Å²) in [7, 11) is 0. The number of aromatic amines is 1.